The highest BCUT2D eigenvalue weighted by molar-refractivity contribution is 5.70. The van der Waals surface area contributed by atoms with Gasteiger partial charge in [0.15, 0.2) is 0 Å². The molecule has 1 saturated carbocycles. The third-order valence-electron chi connectivity index (χ3n) is 5.42. The zero-order valence-electron chi connectivity index (χ0n) is 16.0. The lowest BCUT2D eigenvalue weighted by molar-refractivity contribution is -0.215. The Labute approximate surface area is 158 Å². The van der Waals surface area contributed by atoms with Gasteiger partial charge in [-0.05, 0) is 52.0 Å². The Morgan fingerprint density at radius 3 is 2.30 bits per heavy atom. The monoisotopic (exact) mass is 384 g/mol. The van der Waals surface area contributed by atoms with Crippen molar-refractivity contribution in [1.82, 2.24) is 10.2 Å². The summed E-state index contributed by atoms with van der Waals surface area (Å²) < 4.78 is 47.6. The van der Waals surface area contributed by atoms with E-state index in [1.807, 2.05) is 18.2 Å². The number of halogens is 3. The SMILES string of the molecule is CC(C)(C)OC(=O)N1CCC(NCc2ccccc2)(C(F)(F)F)CC12CC2. The van der Waals surface area contributed by atoms with Gasteiger partial charge in [-0.1, -0.05) is 30.3 Å². The molecule has 4 nitrogen and oxygen atoms in total. The van der Waals surface area contributed by atoms with Gasteiger partial charge in [-0.15, -0.1) is 0 Å². The number of nitrogens with one attached hydrogen (secondary N) is 1. The number of ether oxygens (including phenoxy) is 1. The Morgan fingerprint density at radius 2 is 1.78 bits per heavy atom. The minimum atomic E-state index is -4.39. The van der Waals surface area contributed by atoms with Crippen molar-refractivity contribution in [2.75, 3.05) is 6.54 Å². The molecule has 0 aromatic heterocycles. The van der Waals surface area contributed by atoms with Gasteiger partial charge in [0.25, 0.3) is 0 Å². The molecule has 27 heavy (non-hydrogen) atoms. The number of hydrogen-bond acceptors (Lipinski definition) is 3. The van der Waals surface area contributed by atoms with Crippen LogP contribution < -0.4 is 5.32 Å². The van der Waals surface area contributed by atoms with E-state index in [1.54, 1.807) is 32.9 Å². The predicted octanol–water partition coefficient (Wildman–Crippen LogP) is 4.64. The number of alkyl halides is 3. The van der Waals surface area contributed by atoms with Gasteiger partial charge >= 0.3 is 12.3 Å². The minimum absolute atomic E-state index is 0.0379. The molecule has 1 atom stereocenters. The molecule has 1 spiro atoms. The fraction of sp³-hybridized carbons (Fsp3) is 0.650. The lowest BCUT2D eigenvalue weighted by Crippen LogP contribution is -2.66. The summed E-state index contributed by atoms with van der Waals surface area (Å²) in [5.74, 6) is 0. The Hall–Kier alpha value is -1.76. The van der Waals surface area contributed by atoms with Crippen LogP contribution in [0, 0.1) is 0 Å². The van der Waals surface area contributed by atoms with Crippen LogP contribution in [0.5, 0.6) is 0 Å². The highest BCUT2D eigenvalue weighted by Gasteiger charge is 2.66. The number of rotatable bonds is 3. The summed E-state index contributed by atoms with van der Waals surface area (Å²) in [6, 6.07) is 9.07. The van der Waals surface area contributed by atoms with Crippen LogP contribution in [0.25, 0.3) is 0 Å². The molecule has 1 heterocycles. The van der Waals surface area contributed by atoms with Crippen molar-refractivity contribution >= 4 is 6.09 Å². The second-order valence-electron chi connectivity index (χ2n) is 8.70. The highest BCUT2D eigenvalue weighted by Crippen LogP contribution is 2.55. The summed E-state index contributed by atoms with van der Waals surface area (Å²) in [7, 11) is 0. The first-order valence-corrected chi connectivity index (χ1v) is 9.33. The molecule has 2 aliphatic rings. The van der Waals surface area contributed by atoms with Crippen LogP contribution in [0.4, 0.5) is 18.0 Å². The molecule has 3 rings (SSSR count). The summed E-state index contributed by atoms with van der Waals surface area (Å²) in [4.78, 5) is 14.0. The van der Waals surface area contributed by atoms with Crippen molar-refractivity contribution in [1.29, 1.82) is 0 Å². The summed E-state index contributed by atoms with van der Waals surface area (Å²) in [5.41, 5.74) is -2.60. The third kappa shape index (κ3) is 4.23. The van der Waals surface area contributed by atoms with Crippen LogP contribution in [-0.2, 0) is 11.3 Å². The fourth-order valence-corrected chi connectivity index (χ4v) is 3.84. The van der Waals surface area contributed by atoms with Crippen LogP contribution in [0.15, 0.2) is 30.3 Å². The molecule has 150 valence electrons. The van der Waals surface area contributed by atoms with Gasteiger partial charge in [0, 0.05) is 18.6 Å². The molecule has 1 unspecified atom stereocenters. The molecule has 1 aromatic carbocycles. The third-order valence-corrected chi connectivity index (χ3v) is 5.42. The first kappa shape index (κ1) is 20.0. The number of benzene rings is 1. The number of amides is 1. The average Bonchev–Trinajstić information content (AvgIpc) is 3.30. The molecule has 1 N–H and O–H groups in total. The smallest absolute Gasteiger partial charge is 0.410 e. The Kier molecular flexibility index (Phi) is 4.95. The lowest BCUT2D eigenvalue weighted by atomic mass is 9.80. The van der Waals surface area contributed by atoms with Crippen molar-refractivity contribution in [2.45, 2.75) is 75.9 Å². The molecular formula is C20H27F3N2O2. The van der Waals surface area contributed by atoms with Crippen molar-refractivity contribution in [2.24, 2.45) is 0 Å². The number of piperidine rings is 1. The van der Waals surface area contributed by atoms with Crippen LogP contribution >= 0.6 is 0 Å². The number of likely N-dealkylation sites (tertiary alicyclic amines) is 1. The molecule has 1 aliphatic carbocycles. The predicted molar refractivity (Wildman–Crippen MR) is 96.2 cm³/mol. The summed E-state index contributed by atoms with van der Waals surface area (Å²) >= 11 is 0. The molecule has 7 heteroatoms. The summed E-state index contributed by atoms with van der Waals surface area (Å²) in [5, 5.41) is 2.79. The number of nitrogens with zero attached hydrogens (tertiary/aromatic N) is 1. The topological polar surface area (TPSA) is 41.6 Å². The van der Waals surface area contributed by atoms with Crippen LogP contribution in [-0.4, -0.2) is 40.4 Å². The van der Waals surface area contributed by atoms with E-state index in [1.165, 1.54) is 4.90 Å². The van der Waals surface area contributed by atoms with E-state index in [4.69, 9.17) is 4.74 Å². The fourth-order valence-electron chi connectivity index (χ4n) is 3.84. The highest BCUT2D eigenvalue weighted by atomic mass is 19.4. The Bertz CT molecular complexity index is 681. The quantitative estimate of drug-likeness (QED) is 0.825. The molecule has 1 aromatic rings. The second kappa shape index (κ2) is 6.69. The van der Waals surface area contributed by atoms with Gasteiger partial charge in [0.2, 0.25) is 0 Å². The van der Waals surface area contributed by atoms with E-state index in [0.717, 1.165) is 5.56 Å². The zero-order chi connectivity index (χ0) is 19.9. The zero-order valence-corrected chi connectivity index (χ0v) is 16.0. The molecule has 0 radical (unpaired) electrons. The maximum Gasteiger partial charge on any atom is 0.410 e. The largest absolute Gasteiger partial charge is 0.444 e. The van der Waals surface area contributed by atoms with Crippen molar-refractivity contribution in [3.05, 3.63) is 35.9 Å². The Morgan fingerprint density at radius 1 is 1.15 bits per heavy atom. The van der Waals surface area contributed by atoms with Gasteiger partial charge in [0.05, 0.1) is 0 Å². The molecule has 1 amide bonds. The molecular weight excluding hydrogens is 357 g/mol. The van der Waals surface area contributed by atoms with E-state index in [2.05, 4.69) is 5.32 Å². The van der Waals surface area contributed by atoms with E-state index >= 15 is 0 Å². The van der Waals surface area contributed by atoms with Gasteiger partial charge in [-0.2, -0.15) is 13.2 Å². The van der Waals surface area contributed by atoms with Crippen LogP contribution in [0.1, 0.15) is 52.0 Å². The van der Waals surface area contributed by atoms with Crippen molar-refractivity contribution in [3.8, 4) is 0 Å². The number of carbonyl (C=O) groups excluding carboxylic acids is 1. The second-order valence-corrected chi connectivity index (χ2v) is 8.70. The van der Waals surface area contributed by atoms with Crippen LogP contribution in [0.3, 0.4) is 0 Å². The summed E-state index contributed by atoms with van der Waals surface area (Å²) in [6.07, 6.45) is -4.05. The number of carbonyl (C=O) groups is 1. The molecule has 1 aliphatic heterocycles. The first-order chi connectivity index (χ1) is 12.5. The summed E-state index contributed by atoms with van der Waals surface area (Å²) in [6.45, 7) is 5.46. The van der Waals surface area contributed by atoms with Crippen LogP contribution in [0.2, 0.25) is 0 Å². The van der Waals surface area contributed by atoms with Gasteiger partial charge in [-0.25, -0.2) is 4.79 Å². The standard InChI is InChI=1S/C20H27F3N2O2/c1-17(2,3)27-16(26)25-12-11-19(20(21,22)23,14-18(25)9-10-18)24-13-15-7-5-4-6-8-15/h4-8,24H,9-14H2,1-3H3. The average molecular weight is 384 g/mol. The van der Waals surface area contributed by atoms with E-state index in [-0.39, 0.29) is 25.9 Å². The molecule has 0 bridgehead atoms. The van der Waals surface area contributed by atoms with E-state index < -0.39 is 28.9 Å². The van der Waals surface area contributed by atoms with Gasteiger partial charge in [-0.3, -0.25) is 5.32 Å². The van der Waals surface area contributed by atoms with E-state index in [0.29, 0.717) is 12.8 Å². The van der Waals surface area contributed by atoms with Gasteiger partial charge in [0.1, 0.15) is 11.1 Å². The minimum Gasteiger partial charge on any atom is -0.444 e. The van der Waals surface area contributed by atoms with Crippen molar-refractivity contribution in [3.63, 3.8) is 0 Å². The molecule has 2 fully saturated rings. The van der Waals surface area contributed by atoms with E-state index in [9.17, 15) is 18.0 Å². The molecule has 1 saturated heterocycles. The maximum absolute atomic E-state index is 14.1. The normalized spacial score (nSPS) is 24.7. The first-order valence-electron chi connectivity index (χ1n) is 9.33. The maximum atomic E-state index is 14.1. The number of hydrogen-bond donors (Lipinski definition) is 1. The van der Waals surface area contributed by atoms with Gasteiger partial charge < -0.3 is 9.64 Å². The van der Waals surface area contributed by atoms with Crippen molar-refractivity contribution < 1.29 is 22.7 Å². The Balaban J connectivity index is 1.77. The lowest BCUT2D eigenvalue weighted by Gasteiger charge is -2.48.